The van der Waals surface area contributed by atoms with Crippen LogP contribution in [0, 0.1) is 0 Å². The van der Waals surface area contributed by atoms with Crippen molar-refractivity contribution in [3.05, 3.63) is 59.2 Å². The van der Waals surface area contributed by atoms with Crippen molar-refractivity contribution in [3.8, 4) is 0 Å². The van der Waals surface area contributed by atoms with Gasteiger partial charge in [-0.3, -0.25) is 4.79 Å². The zero-order valence-corrected chi connectivity index (χ0v) is 16.0. The molecule has 0 spiro atoms. The molecule has 4 heteroatoms. The Bertz CT molecular complexity index is 747. The van der Waals surface area contributed by atoms with E-state index < -0.39 is 0 Å². The van der Waals surface area contributed by atoms with Crippen molar-refractivity contribution in [1.29, 1.82) is 0 Å². The standard InChI is InChI=1S/C21H26N2OS/c1-21(2,3)25-23-17-13-11-16(12-14-17)20(24)22-19-10-6-8-15-7-4-5-9-18(15)19/h6,8,10-14,23H,4-5,7,9H2,1-3H3,(H,22,24). The van der Waals surface area contributed by atoms with Gasteiger partial charge >= 0.3 is 0 Å². The van der Waals surface area contributed by atoms with E-state index in [9.17, 15) is 4.79 Å². The Hall–Kier alpha value is -1.94. The largest absolute Gasteiger partial charge is 0.329 e. The van der Waals surface area contributed by atoms with Gasteiger partial charge in [0.1, 0.15) is 0 Å². The highest BCUT2D eigenvalue weighted by Gasteiger charge is 2.15. The maximum atomic E-state index is 12.6. The van der Waals surface area contributed by atoms with Gasteiger partial charge in [0.25, 0.3) is 5.91 Å². The van der Waals surface area contributed by atoms with Crippen LogP contribution in [0.1, 0.15) is 55.1 Å². The predicted molar refractivity (Wildman–Crippen MR) is 108 cm³/mol. The summed E-state index contributed by atoms with van der Waals surface area (Å²) in [5.74, 6) is -0.0472. The lowest BCUT2D eigenvalue weighted by atomic mass is 9.90. The van der Waals surface area contributed by atoms with E-state index in [0.717, 1.165) is 24.2 Å². The van der Waals surface area contributed by atoms with Crippen molar-refractivity contribution in [3.63, 3.8) is 0 Å². The Labute approximate surface area is 154 Å². The summed E-state index contributed by atoms with van der Waals surface area (Å²) in [4.78, 5) is 12.6. The monoisotopic (exact) mass is 354 g/mol. The van der Waals surface area contributed by atoms with Crippen molar-refractivity contribution in [2.45, 2.75) is 51.2 Å². The first-order valence-electron chi connectivity index (χ1n) is 8.88. The van der Waals surface area contributed by atoms with Gasteiger partial charge in [-0.1, -0.05) is 12.1 Å². The topological polar surface area (TPSA) is 41.1 Å². The molecule has 0 atom stereocenters. The van der Waals surface area contributed by atoms with Crippen molar-refractivity contribution >= 4 is 29.2 Å². The fourth-order valence-electron chi connectivity index (χ4n) is 2.99. The van der Waals surface area contributed by atoms with Gasteiger partial charge in [0, 0.05) is 21.7 Å². The first-order chi connectivity index (χ1) is 11.9. The molecular weight excluding hydrogens is 328 g/mol. The highest BCUT2D eigenvalue weighted by Crippen LogP contribution is 2.28. The molecule has 2 N–H and O–H groups in total. The van der Waals surface area contributed by atoms with Crippen LogP contribution in [0.5, 0.6) is 0 Å². The van der Waals surface area contributed by atoms with Crippen LogP contribution >= 0.6 is 11.9 Å². The average Bonchev–Trinajstić information content (AvgIpc) is 2.60. The zero-order chi connectivity index (χ0) is 17.9. The molecule has 1 aliphatic rings. The number of nitrogens with one attached hydrogen (secondary N) is 2. The number of aryl methyl sites for hydroxylation is 1. The van der Waals surface area contributed by atoms with Gasteiger partial charge in [0.15, 0.2) is 0 Å². The van der Waals surface area contributed by atoms with Gasteiger partial charge in [0.2, 0.25) is 0 Å². The molecule has 1 amide bonds. The summed E-state index contributed by atoms with van der Waals surface area (Å²) >= 11 is 1.67. The lowest BCUT2D eigenvalue weighted by Gasteiger charge is -2.20. The molecule has 0 unspecified atom stereocenters. The van der Waals surface area contributed by atoms with Gasteiger partial charge in [-0.25, -0.2) is 0 Å². The Morgan fingerprint density at radius 2 is 1.72 bits per heavy atom. The molecule has 0 saturated heterocycles. The number of hydrogen-bond donors (Lipinski definition) is 2. The van der Waals surface area contributed by atoms with E-state index >= 15 is 0 Å². The molecule has 2 aromatic carbocycles. The van der Waals surface area contributed by atoms with Gasteiger partial charge in [-0.05, 0) is 99.9 Å². The minimum atomic E-state index is -0.0472. The molecule has 1 aliphatic carbocycles. The Morgan fingerprint density at radius 1 is 1.00 bits per heavy atom. The van der Waals surface area contributed by atoms with Crippen LogP contribution in [0.2, 0.25) is 0 Å². The number of rotatable bonds is 4. The second-order valence-electron chi connectivity index (χ2n) is 7.50. The molecule has 132 valence electrons. The van der Waals surface area contributed by atoms with Crippen LogP contribution < -0.4 is 10.0 Å². The van der Waals surface area contributed by atoms with Crippen LogP contribution in [0.15, 0.2) is 42.5 Å². The summed E-state index contributed by atoms with van der Waals surface area (Å²) < 4.78 is 3.47. The Kier molecular flexibility index (Phi) is 5.38. The summed E-state index contributed by atoms with van der Waals surface area (Å²) in [6.45, 7) is 6.48. The number of carbonyl (C=O) groups excluding carboxylic acids is 1. The SMILES string of the molecule is CC(C)(C)SNc1ccc(C(=O)Nc2cccc3c2CCCC3)cc1. The third-order valence-corrected chi connectivity index (χ3v) is 5.22. The first kappa shape index (κ1) is 17.9. The van der Waals surface area contributed by atoms with Gasteiger partial charge < -0.3 is 10.0 Å². The van der Waals surface area contributed by atoms with E-state index in [4.69, 9.17) is 0 Å². The maximum absolute atomic E-state index is 12.6. The molecule has 3 nitrogen and oxygen atoms in total. The predicted octanol–water partition coefficient (Wildman–Crippen LogP) is 5.68. The number of fused-ring (bicyclic) bond motifs is 1. The van der Waals surface area contributed by atoms with Crippen LogP contribution in [0.4, 0.5) is 11.4 Å². The normalized spacial score (nSPS) is 13.9. The second kappa shape index (κ2) is 7.52. The van der Waals surface area contributed by atoms with E-state index in [-0.39, 0.29) is 10.7 Å². The smallest absolute Gasteiger partial charge is 0.255 e. The molecule has 0 radical (unpaired) electrons. The van der Waals surface area contributed by atoms with Crippen molar-refractivity contribution in [2.24, 2.45) is 0 Å². The number of hydrogen-bond acceptors (Lipinski definition) is 3. The zero-order valence-electron chi connectivity index (χ0n) is 15.2. The lowest BCUT2D eigenvalue weighted by molar-refractivity contribution is 0.102. The highest BCUT2D eigenvalue weighted by molar-refractivity contribution is 8.01. The molecule has 25 heavy (non-hydrogen) atoms. The summed E-state index contributed by atoms with van der Waals surface area (Å²) in [5, 5.41) is 3.10. The van der Waals surface area contributed by atoms with E-state index in [1.807, 2.05) is 36.4 Å². The number of benzene rings is 2. The maximum Gasteiger partial charge on any atom is 0.255 e. The second-order valence-corrected chi connectivity index (χ2v) is 9.13. The molecule has 3 rings (SSSR count). The first-order valence-corrected chi connectivity index (χ1v) is 9.70. The summed E-state index contributed by atoms with van der Waals surface area (Å²) in [5.41, 5.74) is 5.34. The fraction of sp³-hybridized carbons (Fsp3) is 0.381. The van der Waals surface area contributed by atoms with E-state index in [0.29, 0.717) is 5.56 Å². The molecule has 0 bridgehead atoms. The minimum Gasteiger partial charge on any atom is -0.329 e. The third-order valence-electron chi connectivity index (χ3n) is 4.27. The quantitative estimate of drug-likeness (QED) is 0.694. The van der Waals surface area contributed by atoms with E-state index in [1.54, 1.807) is 11.9 Å². The third kappa shape index (κ3) is 4.79. The Morgan fingerprint density at radius 3 is 2.44 bits per heavy atom. The van der Waals surface area contributed by atoms with Crippen molar-refractivity contribution in [1.82, 2.24) is 0 Å². The fourth-order valence-corrected chi connectivity index (χ4v) is 3.55. The number of carbonyl (C=O) groups is 1. The van der Waals surface area contributed by atoms with Gasteiger partial charge in [-0.15, -0.1) is 0 Å². The van der Waals surface area contributed by atoms with Crippen LogP contribution in [-0.2, 0) is 12.8 Å². The van der Waals surface area contributed by atoms with Crippen molar-refractivity contribution in [2.75, 3.05) is 10.0 Å². The molecule has 0 saturated carbocycles. The lowest BCUT2D eigenvalue weighted by Crippen LogP contribution is -2.15. The van der Waals surface area contributed by atoms with Crippen molar-refractivity contribution < 1.29 is 4.79 Å². The van der Waals surface area contributed by atoms with E-state index in [2.05, 4.69) is 36.9 Å². The minimum absolute atomic E-state index is 0.0472. The molecule has 0 aliphatic heterocycles. The molecule has 0 aromatic heterocycles. The molecular formula is C21H26N2OS. The molecule has 0 fully saturated rings. The summed E-state index contributed by atoms with van der Waals surface area (Å²) in [7, 11) is 0. The Balaban J connectivity index is 1.68. The summed E-state index contributed by atoms with van der Waals surface area (Å²) in [6, 6.07) is 13.9. The van der Waals surface area contributed by atoms with Crippen LogP contribution in [0.25, 0.3) is 0 Å². The van der Waals surface area contributed by atoms with E-state index in [1.165, 1.54) is 24.0 Å². The van der Waals surface area contributed by atoms with Gasteiger partial charge in [0.05, 0.1) is 0 Å². The highest BCUT2D eigenvalue weighted by atomic mass is 32.2. The molecule has 2 aromatic rings. The number of amides is 1. The summed E-state index contributed by atoms with van der Waals surface area (Å²) in [6.07, 6.45) is 4.61. The van der Waals surface area contributed by atoms with Crippen LogP contribution in [0.3, 0.4) is 0 Å². The average molecular weight is 355 g/mol. The number of anilines is 2. The van der Waals surface area contributed by atoms with Crippen LogP contribution in [-0.4, -0.2) is 10.7 Å². The molecule has 0 heterocycles. The van der Waals surface area contributed by atoms with Gasteiger partial charge in [-0.2, -0.15) is 0 Å².